The van der Waals surface area contributed by atoms with E-state index in [2.05, 4.69) is 22.2 Å². The van der Waals surface area contributed by atoms with E-state index < -0.39 is 0 Å². The molecule has 0 radical (unpaired) electrons. The minimum atomic E-state index is 0.158. The molecule has 0 aliphatic carbocycles. The zero-order valence-electron chi connectivity index (χ0n) is 13.3. The molecule has 0 aromatic heterocycles. The topological polar surface area (TPSA) is 44.8 Å². The summed E-state index contributed by atoms with van der Waals surface area (Å²) in [6.45, 7) is 6.30. The van der Waals surface area contributed by atoms with Crippen molar-refractivity contribution in [3.8, 4) is 5.75 Å². The molecular weight excluding hydrogens is 278 g/mol. The molecule has 2 fully saturated rings. The number of piperazine rings is 1. The highest BCUT2D eigenvalue weighted by molar-refractivity contribution is 6.00. The van der Waals surface area contributed by atoms with Crippen LogP contribution in [0.5, 0.6) is 5.75 Å². The number of Topliss-reactive ketones (excluding diaryl/α,β-unsaturated/α-hetero) is 1. The predicted molar refractivity (Wildman–Crippen MR) is 86.6 cm³/mol. The van der Waals surface area contributed by atoms with Crippen LogP contribution in [0.2, 0.25) is 0 Å². The normalized spacial score (nSPS) is 23.6. The van der Waals surface area contributed by atoms with Gasteiger partial charge in [-0.05, 0) is 32.1 Å². The van der Waals surface area contributed by atoms with Gasteiger partial charge in [0.05, 0.1) is 12.1 Å². The third kappa shape index (κ3) is 3.85. The first kappa shape index (κ1) is 15.5. The van der Waals surface area contributed by atoms with E-state index >= 15 is 0 Å². The van der Waals surface area contributed by atoms with Crippen LogP contribution in [0.4, 0.5) is 0 Å². The summed E-state index contributed by atoms with van der Waals surface area (Å²) < 4.78 is 6.02. The van der Waals surface area contributed by atoms with Gasteiger partial charge in [0.1, 0.15) is 11.9 Å². The molecule has 0 bridgehead atoms. The summed E-state index contributed by atoms with van der Waals surface area (Å²) in [7, 11) is 2.12. The Balaban J connectivity index is 1.64. The highest BCUT2D eigenvalue weighted by atomic mass is 16.5. The second-order valence-electron chi connectivity index (χ2n) is 6.23. The second kappa shape index (κ2) is 7.22. The van der Waals surface area contributed by atoms with Crippen LogP contribution in [-0.2, 0) is 0 Å². The quantitative estimate of drug-likeness (QED) is 0.817. The maximum atomic E-state index is 12.6. The number of hydrogen-bond donors (Lipinski definition) is 1. The molecule has 1 unspecified atom stereocenters. The average molecular weight is 303 g/mol. The summed E-state index contributed by atoms with van der Waals surface area (Å²) >= 11 is 0. The van der Waals surface area contributed by atoms with Crippen LogP contribution in [0.25, 0.3) is 0 Å². The summed E-state index contributed by atoms with van der Waals surface area (Å²) in [5, 5.41) is 3.29. The van der Waals surface area contributed by atoms with Gasteiger partial charge in [0, 0.05) is 32.7 Å². The van der Waals surface area contributed by atoms with Crippen molar-refractivity contribution in [2.24, 2.45) is 0 Å². The Kier molecular flexibility index (Phi) is 5.08. The largest absolute Gasteiger partial charge is 0.488 e. The summed E-state index contributed by atoms with van der Waals surface area (Å²) in [6.07, 6.45) is 1.18. The summed E-state index contributed by atoms with van der Waals surface area (Å²) in [4.78, 5) is 17.2. The van der Waals surface area contributed by atoms with Gasteiger partial charge in [-0.15, -0.1) is 0 Å². The SMILES string of the molecule is CN1CCN(CC(=O)c2ccccc2OC2CCNC2)CC1. The molecule has 5 heteroatoms. The molecule has 1 N–H and O–H groups in total. The number of ketones is 1. The van der Waals surface area contributed by atoms with Crippen LogP contribution in [0.1, 0.15) is 16.8 Å². The van der Waals surface area contributed by atoms with Crippen molar-refractivity contribution in [3.63, 3.8) is 0 Å². The zero-order valence-corrected chi connectivity index (χ0v) is 13.3. The highest BCUT2D eigenvalue weighted by Gasteiger charge is 2.22. The molecule has 0 amide bonds. The lowest BCUT2D eigenvalue weighted by Crippen LogP contribution is -2.46. The van der Waals surface area contributed by atoms with Gasteiger partial charge in [-0.2, -0.15) is 0 Å². The fraction of sp³-hybridized carbons (Fsp3) is 0.588. The molecule has 1 aromatic rings. The Morgan fingerprint density at radius 1 is 1.27 bits per heavy atom. The van der Waals surface area contributed by atoms with Gasteiger partial charge >= 0.3 is 0 Å². The lowest BCUT2D eigenvalue weighted by Gasteiger charge is -2.31. The van der Waals surface area contributed by atoms with E-state index in [0.29, 0.717) is 12.1 Å². The first-order valence-electron chi connectivity index (χ1n) is 8.13. The number of carbonyl (C=O) groups excluding carboxylic acids is 1. The molecule has 5 nitrogen and oxygen atoms in total. The Morgan fingerprint density at radius 2 is 2.05 bits per heavy atom. The number of para-hydroxylation sites is 1. The minimum absolute atomic E-state index is 0.158. The van der Waals surface area contributed by atoms with Crippen LogP contribution in [0.15, 0.2) is 24.3 Å². The van der Waals surface area contributed by atoms with E-state index in [1.165, 1.54) is 0 Å². The van der Waals surface area contributed by atoms with Gasteiger partial charge in [-0.1, -0.05) is 12.1 Å². The summed E-state index contributed by atoms with van der Waals surface area (Å²) in [5.41, 5.74) is 0.716. The van der Waals surface area contributed by atoms with E-state index in [0.717, 1.165) is 51.4 Å². The van der Waals surface area contributed by atoms with Gasteiger partial charge in [0.15, 0.2) is 5.78 Å². The molecule has 0 spiro atoms. The molecule has 3 rings (SSSR count). The van der Waals surface area contributed by atoms with Crippen molar-refractivity contribution < 1.29 is 9.53 Å². The lowest BCUT2D eigenvalue weighted by atomic mass is 10.1. The van der Waals surface area contributed by atoms with E-state index in [1.54, 1.807) is 0 Å². The second-order valence-corrected chi connectivity index (χ2v) is 6.23. The van der Waals surface area contributed by atoms with Crippen LogP contribution < -0.4 is 10.1 Å². The van der Waals surface area contributed by atoms with Crippen molar-refractivity contribution in [2.45, 2.75) is 12.5 Å². The van der Waals surface area contributed by atoms with Gasteiger partial charge in [0.25, 0.3) is 0 Å². The molecule has 2 heterocycles. The first-order chi connectivity index (χ1) is 10.7. The van der Waals surface area contributed by atoms with Crippen molar-refractivity contribution >= 4 is 5.78 Å². The van der Waals surface area contributed by atoms with Gasteiger partial charge in [-0.3, -0.25) is 9.69 Å². The number of hydrogen-bond acceptors (Lipinski definition) is 5. The Morgan fingerprint density at radius 3 is 2.77 bits per heavy atom. The maximum Gasteiger partial charge on any atom is 0.180 e. The summed E-state index contributed by atoms with van der Waals surface area (Å²) in [6, 6.07) is 7.65. The van der Waals surface area contributed by atoms with Gasteiger partial charge in [0.2, 0.25) is 0 Å². The van der Waals surface area contributed by atoms with Crippen LogP contribution >= 0.6 is 0 Å². The smallest absolute Gasteiger partial charge is 0.180 e. The number of ether oxygens (including phenoxy) is 1. The Hall–Kier alpha value is -1.43. The standard InChI is InChI=1S/C17H25N3O2/c1-19-8-10-20(11-9-19)13-16(21)15-4-2-3-5-17(15)22-14-6-7-18-12-14/h2-5,14,18H,6-13H2,1H3. The molecule has 2 saturated heterocycles. The minimum Gasteiger partial charge on any atom is -0.488 e. The molecule has 0 saturated carbocycles. The lowest BCUT2D eigenvalue weighted by molar-refractivity contribution is 0.0870. The molecule has 2 aliphatic heterocycles. The molecule has 1 aromatic carbocycles. The molecule has 1 atom stereocenters. The van der Waals surface area contributed by atoms with E-state index in [9.17, 15) is 4.79 Å². The number of nitrogens with one attached hydrogen (secondary N) is 1. The predicted octanol–water partition coefficient (Wildman–Crippen LogP) is 0.857. The van der Waals surface area contributed by atoms with E-state index in [-0.39, 0.29) is 11.9 Å². The Bertz CT molecular complexity index is 506. The number of nitrogens with zero attached hydrogens (tertiary/aromatic N) is 2. The molecule has 22 heavy (non-hydrogen) atoms. The molecule has 120 valence electrons. The van der Waals surface area contributed by atoms with Crippen molar-refractivity contribution in [2.75, 3.05) is 52.9 Å². The molecular formula is C17H25N3O2. The fourth-order valence-electron chi connectivity index (χ4n) is 3.00. The van der Waals surface area contributed by atoms with Crippen LogP contribution in [-0.4, -0.2) is 74.5 Å². The number of carbonyl (C=O) groups is 1. The number of likely N-dealkylation sites (N-methyl/N-ethyl adjacent to an activating group) is 1. The van der Waals surface area contributed by atoms with Gasteiger partial charge < -0.3 is 15.0 Å². The molecule has 2 aliphatic rings. The summed E-state index contributed by atoms with van der Waals surface area (Å²) in [5.74, 6) is 0.890. The van der Waals surface area contributed by atoms with Crippen LogP contribution in [0, 0.1) is 0 Å². The number of rotatable bonds is 5. The van der Waals surface area contributed by atoms with Gasteiger partial charge in [-0.25, -0.2) is 0 Å². The monoisotopic (exact) mass is 303 g/mol. The number of benzene rings is 1. The highest BCUT2D eigenvalue weighted by Crippen LogP contribution is 2.22. The van der Waals surface area contributed by atoms with Crippen molar-refractivity contribution in [3.05, 3.63) is 29.8 Å². The Labute approximate surface area is 132 Å². The van der Waals surface area contributed by atoms with Crippen molar-refractivity contribution in [1.82, 2.24) is 15.1 Å². The van der Waals surface area contributed by atoms with E-state index in [1.807, 2.05) is 24.3 Å². The van der Waals surface area contributed by atoms with E-state index in [4.69, 9.17) is 4.74 Å². The third-order valence-corrected chi connectivity index (χ3v) is 4.46. The van der Waals surface area contributed by atoms with Crippen LogP contribution in [0.3, 0.4) is 0 Å². The third-order valence-electron chi connectivity index (χ3n) is 4.46. The maximum absolute atomic E-state index is 12.6. The average Bonchev–Trinajstić information content (AvgIpc) is 3.03. The fourth-order valence-corrected chi connectivity index (χ4v) is 3.00. The first-order valence-corrected chi connectivity index (χ1v) is 8.13. The zero-order chi connectivity index (χ0) is 15.4. The van der Waals surface area contributed by atoms with Crippen molar-refractivity contribution in [1.29, 1.82) is 0 Å².